The Labute approximate surface area is 81.5 Å². The number of hydrogen-bond acceptors (Lipinski definition) is 3. The second kappa shape index (κ2) is 4.68. The van der Waals surface area contributed by atoms with Crippen molar-refractivity contribution in [2.75, 3.05) is 0 Å². The Hall–Kier alpha value is -1.27. The zero-order valence-electron chi connectivity index (χ0n) is 7.32. The summed E-state index contributed by atoms with van der Waals surface area (Å²) in [5.74, 6) is 2.07. The smallest absolute Gasteiger partial charge is 0.312 e. The van der Waals surface area contributed by atoms with E-state index in [0.717, 1.165) is 4.88 Å². The average molecular weight is 194 g/mol. The largest absolute Gasteiger partial charge is 0.449 e. The highest BCUT2D eigenvalue weighted by molar-refractivity contribution is 7.10. The molecule has 1 rings (SSSR count). The van der Waals surface area contributed by atoms with Crippen molar-refractivity contribution in [2.24, 2.45) is 0 Å². The zero-order chi connectivity index (χ0) is 9.68. The summed E-state index contributed by atoms with van der Waals surface area (Å²) in [5.41, 5.74) is 0. The summed E-state index contributed by atoms with van der Waals surface area (Å²) in [6.07, 6.45) is 4.94. The normalized spacial score (nSPS) is 11.7. The molecule has 0 aliphatic rings. The summed E-state index contributed by atoms with van der Waals surface area (Å²) in [6, 6.07) is 3.80. The quantitative estimate of drug-likeness (QED) is 0.542. The molecule has 0 aliphatic heterocycles. The second-order valence-electron chi connectivity index (χ2n) is 2.55. The molecule has 13 heavy (non-hydrogen) atoms. The molecule has 0 bridgehead atoms. The van der Waals surface area contributed by atoms with Crippen LogP contribution < -0.4 is 0 Å². The highest BCUT2D eigenvalue weighted by atomic mass is 32.1. The number of carbonyl (C=O) groups is 1. The molecule has 0 N–H and O–H groups in total. The highest BCUT2D eigenvalue weighted by Crippen LogP contribution is 2.10. The van der Waals surface area contributed by atoms with E-state index in [2.05, 4.69) is 5.92 Å². The lowest BCUT2D eigenvalue weighted by Gasteiger charge is -2.05. The highest BCUT2D eigenvalue weighted by Gasteiger charge is 2.08. The number of carbonyl (C=O) groups excluding carboxylic acids is 1. The molecule has 0 aromatic carbocycles. The number of terminal acetylenes is 1. The van der Waals surface area contributed by atoms with Crippen molar-refractivity contribution in [3.63, 3.8) is 0 Å². The molecule has 0 spiro atoms. The van der Waals surface area contributed by atoms with Gasteiger partial charge < -0.3 is 4.74 Å². The van der Waals surface area contributed by atoms with Gasteiger partial charge in [-0.25, -0.2) is 0 Å². The molecule has 1 heterocycles. The van der Waals surface area contributed by atoms with E-state index in [1.807, 2.05) is 17.5 Å². The van der Waals surface area contributed by atoms with Gasteiger partial charge in [0.2, 0.25) is 0 Å². The van der Waals surface area contributed by atoms with Crippen molar-refractivity contribution in [1.29, 1.82) is 0 Å². The van der Waals surface area contributed by atoms with Gasteiger partial charge in [-0.3, -0.25) is 4.79 Å². The van der Waals surface area contributed by atoms with E-state index in [0.29, 0.717) is 6.42 Å². The van der Waals surface area contributed by atoms with Gasteiger partial charge in [0.25, 0.3) is 0 Å². The Morgan fingerprint density at radius 3 is 3.15 bits per heavy atom. The fraction of sp³-hybridized carbons (Fsp3) is 0.300. The third kappa shape index (κ3) is 3.30. The van der Waals surface area contributed by atoms with Crippen LogP contribution in [0.25, 0.3) is 0 Å². The van der Waals surface area contributed by atoms with Crippen LogP contribution in [0.2, 0.25) is 0 Å². The van der Waals surface area contributed by atoms with Gasteiger partial charge in [0.15, 0.2) is 6.10 Å². The lowest BCUT2D eigenvalue weighted by molar-refractivity contribution is -0.144. The maximum atomic E-state index is 11.2. The Balaban J connectivity index is 2.39. The molecule has 1 unspecified atom stereocenters. The Morgan fingerprint density at radius 1 is 1.85 bits per heavy atom. The van der Waals surface area contributed by atoms with Crippen LogP contribution in [0.15, 0.2) is 17.5 Å². The van der Waals surface area contributed by atoms with Gasteiger partial charge in [0.1, 0.15) is 0 Å². The molecular weight excluding hydrogens is 184 g/mol. The molecule has 3 heteroatoms. The molecule has 0 aliphatic carbocycles. The predicted octanol–water partition coefficient (Wildman–Crippen LogP) is 1.86. The SMILES string of the molecule is C#CC(C)OC(=O)Cc1cccs1. The lowest BCUT2D eigenvalue weighted by Crippen LogP contribution is -2.14. The van der Waals surface area contributed by atoms with Crippen molar-refractivity contribution in [3.8, 4) is 12.3 Å². The fourth-order valence-electron chi connectivity index (χ4n) is 0.828. The van der Waals surface area contributed by atoms with Crippen LogP contribution in [0.1, 0.15) is 11.8 Å². The van der Waals surface area contributed by atoms with E-state index >= 15 is 0 Å². The Morgan fingerprint density at radius 2 is 2.62 bits per heavy atom. The molecule has 0 saturated carbocycles. The first-order valence-corrected chi connectivity index (χ1v) is 4.78. The van der Waals surface area contributed by atoms with Gasteiger partial charge >= 0.3 is 5.97 Å². The minimum absolute atomic E-state index is 0.270. The van der Waals surface area contributed by atoms with Crippen LogP contribution >= 0.6 is 11.3 Å². The third-order valence-corrected chi connectivity index (χ3v) is 2.32. The predicted molar refractivity (Wildman–Crippen MR) is 52.4 cm³/mol. The number of hydrogen-bond donors (Lipinski definition) is 0. The van der Waals surface area contributed by atoms with E-state index in [1.54, 1.807) is 6.92 Å². The van der Waals surface area contributed by atoms with Crippen LogP contribution in [-0.2, 0) is 16.0 Å². The van der Waals surface area contributed by atoms with Crippen LogP contribution in [0.4, 0.5) is 0 Å². The van der Waals surface area contributed by atoms with E-state index in [4.69, 9.17) is 11.2 Å². The van der Waals surface area contributed by atoms with E-state index in [-0.39, 0.29) is 5.97 Å². The summed E-state index contributed by atoms with van der Waals surface area (Å²) < 4.78 is 4.90. The maximum absolute atomic E-state index is 11.2. The molecule has 1 aromatic heterocycles. The van der Waals surface area contributed by atoms with Crippen LogP contribution in [0.5, 0.6) is 0 Å². The van der Waals surface area contributed by atoms with Gasteiger partial charge in [-0.2, -0.15) is 0 Å². The number of esters is 1. The Kier molecular flexibility index (Phi) is 3.53. The molecule has 0 fully saturated rings. The van der Waals surface area contributed by atoms with Crippen molar-refractivity contribution in [3.05, 3.63) is 22.4 Å². The van der Waals surface area contributed by atoms with Crippen LogP contribution in [0.3, 0.4) is 0 Å². The maximum Gasteiger partial charge on any atom is 0.312 e. The lowest BCUT2D eigenvalue weighted by atomic mass is 10.3. The van der Waals surface area contributed by atoms with E-state index in [9.17, 15) is 4.79 Å². The number of rotatable bonds is 3. The third-order valence-electron chi connectivity index (χ3n) is 1.44. The minimum atomic E-state index is -0.438. The van der Waals surface area contributed by atoms with Crippen LogP contribution in [0, 0.1) is 12.3 Å². The molecule has 0 amide bonds. The second-order valence-corrected chi connectivity index (χ2v) is 3.59. The first-order valence-electron chi connectivity index (χ1n) is 3.90. The standard InChI is InChI=1S/C10H10O2S/c1-3-8(2)12-10(11)7-9-5-4-6-13-9/h1,4-6,8H,7H2,2H3. The monoisotopic (exact) mass is 194 g/mol. The summed E-state index contributed by atoms with van der Waals surface area (Å²) >= 11 is 1.53. The first-order chi connectivity index (χ1) is 6.22. The summed E-state index contributed by atoms with van der Waals surface area (Å²) in [4.78, 5) is 12.2. The van der Waals surface area contributed by atoms with Gasteiger partial charge in [-0.1, -0.05) is 12.0 Å². The van der Waals surface area contributed by atoms with Gasteiger partial charge in [-0.15, -0.1) is 17.8 Å². The number of ether oxygens (including phenoxy) is 1. The topological polar surface area (TPSA) is 26.3 Å². The van der Waals surface area contributed by atoms with Crippen molar-refractivity contribution in [1.82, 2.24) is 0 Å². The summed E-state index contributed by atoms with van der Waals surface area (Å²) in [7, 11) is 0. The summed E-state index contributed by atoms with van der Waals surface area (Å²) in [6.45, 7) is 1.67. The van der Waals surface area contributed by atoms with Gasteiger partial charge in [0, 0.05) is 4.88 Å². The van der Waals surface area contributed by atoms with Crippen molar-refractivity contribution in [2.45, 2.75) is 19.4 Å². The number of thiophene rings is 1. The first kappa shape index (κ1) is 9.82. The molecule has 68 valence electrons. The van der Waals surface area contributed by atoms with Crippen molar-refractivity contribution >= 4 is 17.3 Å². The molecule has 0 saturated heterocycles. The molecule has 2 nitrogen and oxygen atoms in total. The summed E-state index contributed by atoms with van der Waals surface area (Å²) in [5, 5.41) is 1.92. The molecule has 1 atom stereocenters. The molecular formula is C10H10O2S. The average Bonchev–Trinajstić information content (AvgIpc) is 2.56. The van der Waals surface area contributed by atoms with Gasteiger partial charge in [0.05, 0.1) is 6.42 Å². The minimum Gasteiger partial charge on any atom is -0.449 e. The van der Waals surface area contributed by atoms with E-state index in [1.165, 1.54) is 11.3 Å². The zero-order valence-corrected chi connectivity index (χ0v) is 8.14. The van der Waals surface area contributed by atoms with Crippen LogP contribution in [-0.4, -0.2) is 12.1 Å². The fourth-order valence-corrected chi connectivity index (χ4v) is 1.52. The molecule has 1 aromatic rings. The molecule has 0 radical (unpaired) electrons. The Bertz CT molecular complexity index is 308. The van der Waals surface area contributed by atoms with Crippen molar-refractivity contribution < 1.29 is 9.53 Å². The van der Waals surface area contributed by atoms with E-state index < -0.39 is 6.10 Å². The van der Waals surface area contributed by atoms with Gasteiger partial charge in [-0.05, 0) is 18.4 Å².